The second-order valence-electron chi connectivity index (χ2n) is 7.19. The van der Waals surface area contributed by atoms with E-state index in [2.05, 4.69) is 0 Å². The van der Waals surface area contributed by atoms with Gasteiger partial charge in [0.05, 0.1) is 65.3 Å². The van der Waals surface area contributed by atoms with E-state index in [1.54, 1.807) is 18.2 Å². The van der Waals surface area contributed by atoms with E-state index < -0.39 is 0 Å². The van der Waals surface area contributed by atoms with Crippen molar-refractivity contribution in [2.45, 2.75) is 0 Å². The molecule has 200 valence electrons. The van der Waals surface area contributed by atoms with Gasteiger partial charge in [-0.1, -0.05) is 162 Å². The molecule has 38 heavy (non-hydrogen) atoms. The first kappa shape index (κ1) is 33.4. The Balaban J connectivity index is 0.000000211. The summed E-state index contributed by atoms with van der Waals surface area (Å²) in [7, 11) is 0. The molecule has 0 amide bonds. The highest BCUT2D eigenvalue weighted by molar-refractivity contribution is 6.54. The average Bonchev–Trinajstić information content (AvgIpc) is 2.83. The molecule has 4 rings (SSSR count). The van der Waals surface area contributed by atoms with Crippen LogP contribution in [0.3, 0.4) is 0 Å². The highest BCUT2D eigenvalue weighted by atomic mass is 35.5. The molecule has 0 bridgehead atoms. The summed E-state index contributed by atoms with van der Waals surface area (Å²) >= 11 is 84.4. The van der Waals surface area contributed by atoms with Crippen molar-refractivity contribution in [3.8, 4) is 22.3 Å². The van der Waals surface area contributed by atoms with Gasteiger partial charge in [0, 0.05) is 21.7 Å². The number of hydrogen-bond acceptors (Lipinski definition) is 0. The normalized spacial score (nSPS) is 10.9. The topological polar surface area (TPSA) is 0 Å². The van der Waals surface area contributed by atoms with Crippen LogP contribution >= 0.6 is 162 Å². The molecule has 0 unspecified atom stereocenters. The smallest absolute Gasteiger partial charge is 0.0800 e. The first-order valence-electron chi connectivity index (χ1n) is 9.61. The predicted molar refractivity (Wildman–Crippen MR) is 174 cm³/mol. The summed E-state index contributed by atoms with van der Waals surface area (Å²) in [4.78, 5) is 0. The molecule has 4 aromatic carbocycles. The zero-order chi connectivity index (χ0) is 28.6. The molecule has 14 heteroatoms. The Morgan fingerprint density at radius 3 is 1.18 bits per heavy atom. The molecule has 0 saturated carbocycles. The summed E-state index contributed by atoms with van der Waals surface area (Å²) in [6.07, 6.45) is 0. The molecule has 0 nitrogen and oxygen atoms in total. The maximum atomic E-state index is 6.16. The number of halogens is 14. The van der Waals surface area contributed by atoms with Crippen LogP contribution in [0.1, 0.15) is 0 Å². The molecular formula is C24H6Cl14. The average molecular weight is 791 g/mol. The van der Waals surface area contributed by atoms with Crippen LogP contribution in [0.2, 0.25) is 70.3 Å². The zero-order valence-corrected chi connectivity index (χ0v) is 28.3. The van der Waals surface area contributed by atoms with Gasteiger partial charge in [0.1, 0.15) is 0 Å². The van der Waals surface area contributed by atoms with Gasteiger partial charge in [0.2, 0.25) is 0 Å². The molecule has 0 atom stereocenters. The molecule has 0 N–H and O–H groups in total. The van der Waals surface area contributed by atoms with Crippen LogP contribution < -0.4 is 0 Å². The van der Waals surface area contributed by atoms with Crippen molar-refractivity contribution in [1.29, 1.82) is 0 Å². The number of rotatable bonds is 2. The Morgan fingerprint density at radius 1 is 0.289 bits per heavy atom. The Labute approximate surface area is 288 Å². The minimum atomic E-state index is 0.174. The molecule has 0 aromatic heterocycles. The van der Waals surface area contributed by atoms with E-state index in [-0.39, 0.29) is 45.2 Å². The van der Waals surface area contributed by atoms with E-state index in [9.17, 15) is 0 Å². The zero-order valence-electron chi connectivity index (χ0n) is 17.8. The molecule has 0 spiro atoms. The molecular weight excluding hydrogens is 785 g/mol. The monoisotopic (exact) mass is 784 g/mol. The SMILES string of the molecule is Clc1cc(-c2cc(Cl)c(Cl)c(Cl)c2Cl)cc(Cl)c1Cl.Clc1cc(Cl)c(-c2c(Cl)c(Cl)cc(Cl)c2Cl)c(Cl)c1. The summed E-state index contributed by atoms with van der Waals surface area (Å²) < 4.78 is 0. The quantitative estimate of drug-likeness (QED) is 0.140. The molecule has 0 heterocycles. The van der Waals surface area contributed by atoms with E-state index in [0.717, 1.165) is 0 Å². The van der Waals surface area contributed by atoms with Crippen molar-refractivity contribution >= 4 is 162 Å². The lowest BCUT2D eigenvalue weighted by Crippen LogP contribution is -1.88. The Bertz CT molecular complexity index is 1490. The lowest BCUT2D eigenvalue weighted by molar-refractivity contribution is 1.61. The molecule has 0 aliphatic heterocycles. The fraction of sp³-hybridized carbons (Fsp3) is 0. The van der Waals surface area contributed by atoms with E-state index >= 15 is 0 Å². The number of hydrogen-bond donors (Lipinski definition) is 0. The van der Waals surface area contributed by atoms with Crippen LogP contribution in [0.4, 0.5) is 0 Å². The van der Waals surface area contributed by atoms with Crippen molar-refractivity contribution in [1.82, 2.24) is 0 Å². The van der Waals surface area contributed by atoms with Crippen LogP contribution in [-0.2, 0) is 0 Å². The van der Waals surface area contributed by atoms with Crippen LogP contribution in [-0.4, -0.2) is 0 Å². The van der Waals surface area contributed by atoms with Gasteiger partial charge in [-0.15, -0.1) is 0 Å². The van der Waals surface area contributed by atoms with Crippen molar-refractivity contribution in [3.63, 3.8) is 0 Å². The molecule has 0 aliphatic carbocycles. The molecule has 0 radical (unpaired) electrons. The summed E-state index contributed by atoms with van der Waals surface area (Å²) in [6.45, 7) is 0. The summed E-state index contributed by atoms with van der Waals surface area (Å²) in [5, 5.41) is 3.79. The van der Waals surface area contributed by atoms with Gasteiger partial charge in [-0.3, -0.25) is 0 Å². The second-order valence-corrected chi connectivity index (χ2v) is 12.7. The lowest BCUT2D eigenvalue weighted by atomic mass is 10.1. The van der Waals surface area contributed by atoms with Gasteiger partial charge in [0.15, 0.2) is 0 Å². The van der Waals surface area contributed by atoms with Crippen molar-refractivity contribution in [3.05, 3.63) is 107 Å². The number of benzene rings is 4. The van der Waals surface area contributed by atoms with Crippen LogP contribution in [0.5, 0.6) is 0 Å². The van der Waals surface area contributed by atoms with Gasteiger partial charge >= 0.3 is 0 Å². The fourth-order valence-corrected chi connectivity index (χ4v) is 6.58. The third kappa shape index (κ3) is 7.28. The van der Waals surface area contributed by atoms with Gasteiger partial charge < -0.3 is 0 Å². The second kappa shape index (κ2) is 13.9. The van der Waals surface area contributed by atoms with Gasteiger partial charge in [-0.25, -0.2) is 0 Å². The van der Waals surface area contributed by atoms with Crippen LogP contribution in [0, 0.1) is 0 Å². The van der Waals surface area contributed by atoms with E-state index in [1.807, 2.05) is 0 Å². The summed E-state index contributed by atoms with van der Waals surface area (Å²) in [6, 6.07) is 9.36. The van der Waals surface area contributed by atoms with E-state index in [0.29, 0.717) is 47.4 Å². The minimum absolute atomic E-state index is 0.174. The van der Waals surface area contributed by atoms with Gasteiger partial charge in [0.25, 0.3) is 0 Å². The van der Waals surface area contributed by atoms with Crippen LogP contribution in [0.15, 0.2) is 36.4 Å². The first-order valence-corrected chi connectivity index (χ1v) is 14.9. The summed E-state index contributed by atoms with van der Waals surface area (Å²) in [5.74, 6) is 0. The third-order valence-corrected chi connectivity index (χ3v) is 10.1. The predicted octanol–water partition coefficient (Wildman–Crippen LogP) is 15.9. The molecule has 0 aliphatic rings. The highest BCUT2D eigenvalue weighted by Gasteiger charge is 2.21. The lowest BCUT2D eigenvalue weighted by Gasteiger charge is -2.14. The summed E-state index contributed by atoms with van der Waals surface area (Å²) in [5.41, 5.74) is 2.03. The van der Waals surface area contributed by atoms with E-state index in [4.69, 9.17) is 162 Å². The maximum absolute atomic E-state index is 6.16. The Morgan fingerprint density at radius 2 is 0.711 bits per heavy atom. The van der Waals surface area contributed by atoms with Gasteiger partial charge in [-0.05, 0) is 42.0 Å². The van der Waals surface area contributed by atoms with E-state index in [1.165, 1.54) is 18.2 Å². The Hall–Kier alpha value is 0.940. The molecule has 4 aromatic rings. The van der Waals surface area contributed by atoms with Gasteiger partial charge in [-0.2, -0.15) is 0 Å². The van der Waals surface area contributed by atoms with Crippen LogP contribution in [0.25, 0.3) is 22.3 Å². The fourth-order valence-electron chi connectivity index (χ4n) is 3.07. The van der Waals surface area contributed by atoms with Crippen molar-refractivity contribution < 1.29 is 0 Å². The first-order chi connectivity index (χ1) is 17.6. The standard InChI is InChI=1S/2C12H3Cl7/c13-6-1-4(2-7(14)10(6)17)5-3-8(15)11(18)12(19)9(5)16;13-4-1-5(14)9(6(15)2-4)10-11(18)7(16)3-8(17)12(10)19/h2*1-3H. The minimum Gasteiger partial charge on any atom is -0.0842 e. The third-order valence-electron chi connectivity index (χ3n) is 4.77. The Kier molecular flexibility index (Phi) is 12.3. The highest BCUT2D eigenvalue weighted by Crippen LogP contribution is 2.48. The van der Waals surface area contributed by atoms with Crippen molar-refractivity contribution in [2.75, 3.05) is 0 Å². The molecule has 0 saturated heterocycles. The maximum Gasteiger partial charge on any atom is 0.0800 e. The van der Waals surface area contributed by atoms with Crippen molar-refractivity contribution in [2.24, 2.45) is 0 Å². The largest absolute Gasteiger partial charge is 0.0842 e. The molecule has 0 fully saturated rings.